The van der Waals surface area contributed by atoms with Crippen LogP contribution in [0.25, 0.3) is 0 Å². The van der Waals surface area contributed by atoms with Crippen molar-refractivity contribution in [1.29, 1.82) is 0 Å². The predicted molar refractivity (Wildman–Crippen MR) is 98.4 cm³/mol. The number of hydrogen-bond donors (Lipinski definition) is 0. The lowest BCUT2D eigenvalue weighted by Crippen LogP contribution is -2.51. The van der Waals surface area contributed by atoms with Crippen molar-refractivity contribution in [2.24, 2.45) is 5.92 Å². The molecule has 0 saturated carbocycles. The van der Waals surface area contributed by atoms with Crippen LogP contribution in [0, 0.1) is 5.92 Å². The van der Waals surface area contributed by atoms with Gasteiger partial charge in [0, 0.05) is 37.5 Å². The minimum absolute atomic E-state index is 0.115. The zero-order chi connectivity index (χ0) is 17.1. The molecule has 4 rings (SSSR count). The quantitative estimate of drug-likeness (QED) is 0.854. The Morgan fingerprint density at radius 1 is 1.00 bits per heavy atom. The first-order chi connectivity index (χ1) is 12.3. The molecule has 25 heavy (non-hydrogen) atoms. The molecule has 0 radical (unpaired) electrons. The van der Waals surface area contributed by atoms with Gasteiger partial charge < -0.3 is 9.64 Å². The molecule has 1 atom stereocenters. The number of ether oxygens (including phenoxy) is 1. The third-order valence-electron chi connectivity index (χ3n) is 5.73. The van der Waals surface area contributed by atoms with Gasteiger partial charge in [0.1, 0.15) is 0 Å². The van der Waals surface area contributed by atoms with Crippen LogP contribution >= 0.6 is 0 Å². The third kappa shape index (κ3) is 3.21. The van der Waals surface area contributed by atoms with Crippen molar-refractivity contribution in [2.75, 3.05) is 26.3 Å². The monoisotopic (exact) mass is 335 g/mol. The number of hydrogen-bond acceptors (Lipinski definition) is 2. The van der Waals surface area contributed by atoms with Gasteiger partial charge >= 0.3 is 0 Å². The van der Waals surface area contributed by atoms with E-state index in [1.165, 1.54) is 11.1 Å². The van der Waals surface area contributed by atoms with Gasteiger partial charge in [-0.15, -0.1) is 0 Å². The lowest BCUT2D eigenvalue weighted by molar-refractivity contribution is -0.135. The van der Waals surface area contributed by atoms with Crippen LogP contribution in [-0.4, -0.2) is 37.1 Å². The topological polar surface area (TPSA) is 29.5 Å². The summed E-state index contributed by atoms with van der Waals surface area (Å²) in [6.07, 6.45) is 2.54. The van der Waals surface area contributed by atoms with Crippen LogP contribution in [0.4, 0.5) is 0 Å². The van der Waals surface area contributed by atoms with Crippen LogP contribution in [0.1, 0.15) is 30.4 Å². The predicted octanol–water partition coefficient (Wildman–Crippen LogP) is 3.63. The number of benzene rings is 2. The Kier molecular flexibility index (Phi) is 4.58. The van der Waals surface area contributed by atoms with Crippen LogP contribution in [-0.2, 0) is 14.9 Å². The SMILES string of the molecule is O=C1CCC(c2ccccc2)(c2ccccc2)CN1C[C@H]1CCOC1. The number of likely N-dealkylation sites (tertiary alicyclic amines) is 1. The number of rotatable bonds is 4. The maximum Gasteiger partial charge on any atom is 0.222 e. The first-order valence-electron chi connectivity index (χ1n) is 9.24. The first-order valence-corrected chi connectivity index (χ1v) is 9.24. The molecule has 3 heteroatoms. The molecule has 0 aliphatic carbocycles. The summed E-state index contributed by atoms with van der Waals surface area (Å²) in [5.41, 5.74) is 2.50. The van der Waals surface area contributed by atoms with Gasteiger partial charge in [0.2, 0.25) is 5.91 Å². The molecule has 2 aliphatic heterocycles. The first kappa shape index (κ1) is 16.3. The highest BCUT2D eigenvalue weighted by atomic mass is 16.5. The summed E-state index contributed by atoms with van der Waals surface area (Å²) in [5, 5.41) is 0. The minimum Gasteiger partial charge on any atom is -0.381 e. The molecule has 0 N–H and O–H groups in total. The fourth-order valence-electron chi connectivity index (χ4n) is 4.33. The molecule has 1 amide bonds. The summed E-state index contributed by atoms with van der Waals surface area (Å²) in [4.78, 5) is 14.7. The van der Waals surface area contributed by atoms with Gasteiger partial charge in [0.25, 0.3) is 0 Å². The van der Waals surface area contributed by atoms with Crippen molar-refractivity contribution in [3.05, 3.63) is 71.8 Å². The van der Waals surface area contributed by atoms with Gasteiger partial charge in [-0.25, -0.2) is 0 Å². The average molecular weight is 335 g/mol. The summed E-state index contributed by atoms with van der Waals surface area (Å²) < 4.78 is 5.52. The number of piperidine rings is 1. The van der Waals surface area contributed by atoms with Crippen molar-refractivity contribution < 1.29 is 9.53 Å². The second kappa shape index (κ2) is 7.01. The van der Waals surface area contributed by atoms with E-state index in [-0.39, 0.29) is 11.3 Å². The standard InChI is InChI=1S/C22H25NO2/c24-21-11-13-22(19-7-3-1-4-8-19,20-9-5-2-6-10-20)17-23(21)15-18-12-14-25-16-18/h1-10,18H,11-17H2/t18-/m1/s1. The van der Waals surface area contributed by atoms with E-state index in [9.17, 15) is 4.79 Å². The third-order valence-corrected chi connectivity index (χ3v) is 5.73. The van der Waals surface area contributed by atoms with E-state index in [1.807, 2.05) is 0 Å². The van der Waals surface area contributed by atoms with Crippen molar-refractivity contribution in [3.63, 3.8) is 0 Å². The van der Waals surface area contributed by atoms with E-state index in [2.05, 4.69) is 65.6 Å². The van der Waals surface area contributed by atoms with Crippen LogP contribution in [0.5, 0.6) is 0 Å². The second-order valence-electron chi connectivity index (χ2n) is 7.32. The minimum atomic E-state index is -0.115. The van der Waals surface area contributed by atoms with Crippen molar-refractivity contribution in [3.8, 4) is 0 Å². The summed E-state index contributed by atoms with van der Waals surface area (Å²) in [7, 11) is 0. The molecule has 0 bridgehead atoms. The summed E-state index contributed by atoms with van der Waals surface area (Å²) >= 11 is 0. The Hall–Kier alpha value is -2.13. The Bertz CT molecular complexity index is 668. The summed E-state index contributed by atoms with van der Waals surface area (Å²) in [6.45, 7) is 3.19. The highest BCUT2D eigenvalue weighted by Gasteiger charge is 2.42. The number of amides is 1. The number of carbonyl (C=O) groups is 1. The Balaban J connectivity index is 1.69. The average Bonchev–Trinajstić information content (AvgIpc) is 3.18. The van der Waals surface area contributed by atoms with E-state index in [4.69, 9.17) is 4.74 Å². The summed E-state index contributed by atoms with van der Waals surface area (Å²) in [6, 6.07) is 21.4. The van der Waals surface area contributed by atoms with Gasteiger partial charge in [0.15, 0.2) is 0 Å². The molecule has 2 fully saturated rings. The van der Waals surface area contributed by atoms with Gasteiger partial charge in [-0.05, 0) is 24.0 Å². The molecule has 130 valence electrons. The zero-order valence-corrected chi connectivity index (χ0v) is 14.6. The van der Waals surface area contributed by atoms with Crippen molar-refractivity contribution in [2.45, 2.75) is 24.7 Å². The van der Waals surface area contributed by atoms with E-state index >= 15 is 0 Å². The zero-order valence-electron chi connectivity index (χ0n) is 14.6. The Labute approximate surface area is 149 Å². The van der Waals surface area contributed by atoms with Crippen molar-refractivity contribution in [1.82, 2.24) is 4.90 Å². The molecule has 0 spiro atoms. The summed E-state index contributed by atoms with van der Waals surface area (Å²) in [5.74, 6) is 0.765. The van der Waals surface area contributed by atoms with Crippen molar-refractivity contribution >= 4 is 5.91 Å². The highest BCUT2D eigenvalue weighted by molar-refractivity contribution is 5.78. The van der Waals surface area contributed by atoms with Gasteiger partial charge in [-0.1, -0.05) is 60.7 Å². The van der Waals surface area contributed by atoms with Gasteiger partial charge in [-0.3, -0.25) is 4.79 Å². The second-order valence-corrected chi connectivity index (χ2v) is 7.32. The van der Waals surface area contributed by atoms with E-state index in [0.717, 1.165) is 39.1 Å². The Morgan fingerprint density at radius 3 is 2.20 bits per heavy atom. The van der Waals surface area contributed by atoms with E-state index in [0.29, 0.717) is 12.3 Å². The largest absolute Gasteiger partial charge is 0.381 e. The molecule has 2 aromatic carbocycles. The van der Waals surface area contributed by atoms with Crippen LogP contribution in [0.3, 0.4) is 0 Å². The number of nitrogens with zero attached hydrogens (tertiary/aromatic N) is 1. The highest BCUT2D eigenvalue weighted by Crippen LogP contribution is 2.41. The molecular weight excluding hydrogens is 310 g/mol. The maximum atomic E-state index is 12.6. The smallest absolute Gasteiger partial charge is 0.222 e. The Morgan fingerprint density at radius 2 is 1.64 bits per heavy atom. The lowest BCUT2D eigenvalue weighted by Gasteiger charge is -2.44. The van der Waals surface area contributed by atoms with Crippen LogP contribution < -0.4 is 0 Å². The molecule has 2 aromatic rings. The fourth-order valence-corrected chi connectivity index (χ4v) is 4.33. The maximum absolute atomic E-state index is 12.6. The molecule has 2 aliphatic rings. The molecule has 3 nitrogen and oxygen atoms in total. The number of carbonyl (C=O) groups excluding carboxylic acids is 1. The normalized spacial score (nSPS) is 23.0. The molecule has 0 unspecified atom stereocenters. The molecule has 2 heterocycles. The molecule has 0 aromatic heterocycles. The fraction of sp³-hybridized carbons (Fsp3) is 0.409. The van der Waals surface area contributed by atoms with E-state index < -0.39 is 0 Å². The van der Waals surface area contributed by atoms with Gasteiger partial charge in [-0.2, -0.15) is 0 Å². The van der Waals surface area contributed by atoms with Crippen LogP contribution in [0.2, 0.25) is 0 Å². The van der Waals surface area contributed by atoms with Gasteiger partial charge in [0.05, 0.1) is 6.61 Å². The van der Waals surface area contributed by atoms with Crippen LogP contribution in [0.15, 0.2) is 60.7 Å². The molecule has 2 saturated heterocycles. The molecular formula is C22H25NO2. The van der Waals surface area contributed by atoms with E-state index in [1.54, 1.807) is 0 Å². The lowest BCUT2D eigenvalue weighted by atomic mass is 9.69.